The molecule has 1 saturated carbocycles. The molecule has 8 rings (SSSR count). The third-order valence-electron chi connectivity index (χ3n) is 10.3. The maximum Gasteiger partial charge on any atom is 1.00 e. The molecule has 4 aliphatic rings. The summed E-state index contributed by atoms with van der Waals surface area (Å²) in [6.45, 7) is -1.60. The molecule has 8 unspecified atom stereocenters. The molecule has 17 heteroatoms. The fourth-order valence-electron chi connectivity index (χ4n) is 7.95. The van der Waals surface area contributed by atoms with Crippen LogP contribution in [-0.2, 0) is 16.2 Å². The van der Waals surface area contributed by atoms with Crippen molar-refractivity contribution in [3.63, 3.8) is 0 Å². The predicted molar refractivity (Wildman–Crippen MR) is 171 cm³/mol. The van der Waals surface area contributed by atoms with Crippen molar-refractivity contribution in [1.29, 1.82) is 0 Å². The van der Waals surface area contributed by atoms with Gasteiger partial charge in [-0.1, -0.05) is 6.07 Å². The molecule has 16 nitrogen and oxygen atoms in total. The molecule has 8 N–H and O–H groups in total. The Labute approximate surface area is 301 Å². The van der Waals surface area contributed by atoms with Gasteiger partial charge in [-0.05, 0) is 55.0 Å². The van der Waals surface area contributed by atoms with Gasteiger partial charge in [-0.15, -0.1) is 16.8 Å². The van der Waals surface area contributed by atoms with Crippen molar-refractivity contribution >= 4 is 39.3 Å². The van der Waals surface area contributed by atoms with Crippen LogP contribution in [0.3, 0.4) is 0 Å². The maximum atomic E-state index is 14.4. The van der Waals surface area contributed by atoms with Crippen LogP contribution < -0.4 is 18.9 Å². The molecule has 1 saturated heterocycles. The third kappa shape index (κ3) is 5.45. The number of pyridine rings is 1. The number of rotatable bonds is 7. The Morgan fingerprint density at radius 3 is 2.51 bits per heavy atom. The first kappa shape index (κ1) is 35.8. The fraction of sp³-hybridized carbons (Fsp3) is 0.441. The monoisotopic (exact) mass is 698 g/mol. The number of fused-ring (bicyclic) bond motifs is 10. The van der Waals surface area contributed by atoms with Gasteiger partial charge in [0.1, 0.15) is 42.9 Å². The van der Waals surface area contributed by atoms with Crippen LogP contribution in [0, 0.1) is 0 Å². The van der Waals surface area contributed by atoms with Crippen molar-refractivity contribution in [3.8, 4) is 5.75 Å². The van der Waals surface area contributed by atoms with E-state index in [1.807, 2.05) is 0 Å². The molecule has 5 heterocycles. The van der Waals surface area contributed by atoms with Crippen molar-refractivity contribution in [1.82, 2.24) is 14.6 Å². The van der Waals surface area contributed by atoms with Crippen molar-refractivity contribution in [3.05, 3.63) is 69.8 Å². The summed E-state index contributed by atoms with van der Waals surface area (Å²) in [6, 6.07) is 8.50. The van der Waals surface area contributed by atoms with Crippen LogP contribution in [0.2, 0.25) is 0 Å². The maximum absolute atomic E-state index is 14.4. The van der Waals surface area contributed by atoms with Crippen molar-refractivity contribution in [2.45, 2.75) is 80.7 Å². The predicted octanol–water partition coefficient (Wildman–Crippen LogP) is -2.36. The molecule has 0 spiro atoms. The summed E-state index contributed by atoms with van der Waals surface area (Å²) in [5, 5.41) is 89.4. The van der Waals surface area contributed by atoms with Gasteiger partial charge >= 0.3 is 18.9 Å². The molecule has 0 bridgehead atoms. The van der Waals surface area contributed by atoms with Crippen LogP contribution in [0.5, 0.6) is 5.75 Å². The Hall–Kier alpha value is -3.63. The van der Waals surface area contributed by atoms with E-state index < -0.39 is 73.9 Å². The molecular weight excluding hydrogens is 663 g/mol. The van der Waals surface area contributed by atoms with E-state index in [2.05, 4.69) is 4.98 Å². The number of aliphatic hydroxyl groups excluding tert-OH is 7. The number of nitrogens with zero attached hydrogens (tertiary/aromatic N) is 4. The smallest absolute Gasteiger partial charge is 0.679 e. The summed E-state index contributed by atoms with van der Waals surface area (Å²) in [5.41, 5.74) is 1.77. The second-order valence-electron chi connectivity index (χ2n) is 13.2. The summed E-state index contributed by atoms with van der Waals surface area (Å²) in [7, 11) is 0. The topological polar surface area (TPSA) is 250 Å². The van der Waals surface area contributed by atoms with E-state index >= 15 is 0 Å². The average Bonchev–Trinajstić information content (AvgIpc) is 3.72. The molecule has 3 aliphatic heterocycles. The van der Waals surface area contributed by atoms with E-state index in [9.17, 15) is 50.4 Å². The quantitative estimate of drug-likeness (QED) is 0.0744. The van der Waals surface area contributed by atoms with E-state index in [1.54, 1.807) is 12.1 Å². The van der Waals surface area contributed by atoms with Crippen LogP contribution >= 0.6 is 0 Å². The van der Waals surface area contributed by atoms with E-state index in [-0.39, 0.29) is 76.1 Å². The summed E-state index contributed by atoms with van der Waals surface area (Å²) < 4.78 is 7.46. The SMILES string of the molecule is O=C1c2c3c(c4c(c2C(=O)N1OCc1cccc(C(O)CO)n1)c1ccc(O)cc1n4C1OC(CO)C(O)C(O)C1O)[N-]C1CC(O)CC[C@H]31.[Li+]. The number of phenolic OH excluding ortho intramolecular Hbond substituents is 1. The first-order valence-electron chi connectivity index (χ1n) is 16.4. The molecule has 2 aromatic heterocycles. The molecule has 2 fully saturated rings. The standard InChI is InChI=1S/C34H36N4O12.Li/c39-10-21(43)18-3-1-2-13(35-18)12-49-38-32(47)25-23-16-6-4-14(41)8-19(16)36-27(23)28-24(26(25)33(38)48)17-7-5-15(42)9-20(17)37(28)34-31(46)30(45)29(44)22(11-40)50-34;/h1-3,5,7,9,14,16,19,21-22,29-31,34,39-41,43-46H,4,6,8,10-12H2,(H2,36,42,48);/q;+1/p-1/t14?,16-,19?,21?,22?,29?,30?,31?,34?;/m0./s1. The van der Waals surface area contributed by atoms with Gasteiger partial charge in [0.05, 0.1) is 47.3 Å². The Balaban J connectivity index is 0.00000406. The van der Waals surface area contributed by atoms with E-state index in [0.717, 1.165) is 0 Å². The number of hydrogen-bond donors (Lipinski definition) is 8. The Morgan fingerprint density at radius 2 is 1.76 bits per heavy atom. The fourth-order valence-corrected chi connectivity index (χ4v) is 7.95. The molecule has 51 heavy (non-hydrogen) atoms. The number of aromatic hydroxyl groups is 1. The number of aromatic nitrogens is 2. The summed E-state index contributed by atoms with van der Waals surface area (Å²) in [6.07, 6.45) is -8.58. The van der Waals surface area contributed by atoms with Crippen molar-refractivity contribution in [2.75, 3.05) is 13.2 Å². The summed E-state index contributed by atoms with van der Waals surface area (Å²) in [4.78, 5) is 38.8. The number of carbonyl (C=O) groups is 2. The minimum absolute atomic E-state index is 0. The molecule has 2 aromatic carbocycles. The van der Waals surface area contributed by atoms with Crippen molar-refractivity contribution < 1.29 is 78.9 Å². The van der Waals surface area contributed by atoms with Crippen molar-refractivity contribution in [2.24, 2.45) is 0 Å². The van der Waals surface area contributed by atoms with Crippen LogP contribution in [0.4, 0.5) is 5.69 Å². The zero-order valence-corrected chi connectivity index (χ0v) is 27.4. The number of amides is 2. The minimum Gasteiger partial charge on any atom is -0.679 e. The molecule has 1 aliphatic carbocycles. The van der Waals surface area contributed by atoms with Gasteiger partial charge in [0.25, 0.3) is 11.8 Å². The number of ether oxygens (including phenoxy) is 1. The number of carbonyl (C=O) groups excluding carboxylic acids is 2. The normalized spacial score (nSPS) is 29.1. The number of hydroxylamine groups is 2. The second-order valence-corrected chi connectivity index (χ2v) is 13.2. The van der Waals surface area contributed by atoms with Gasteiger partial charge in [-0.3, -0.25) is 19.4 Å². The first-order chi connectivity index (χ1) is 24.0. The molecule has 2 amide bonds. The van der Waals surface area contributed by atoms with Gasteiger partial charge in [-0.25, -0.2) is 0 Å². The van der Waals surface area contributed by atoms with E-state index in [1.165, 1.54) is 28.8 Å². The van der Waals surface area contributed by atoms with E-state index in [4.69, 9.17) is 14.9 Å². The van der Waals surface area contributed by atoms with Gasteiger partial charge in [-0.2, -0.15) is 0 Å². The number of imide groups is 1. The summed E-state index contributed by atoms with van der Waals surface area (Å²) in [5.74, 6) is -2.09. The number of aliphatic hydroxyl groups is 7. The van der Waals surface area contributed by atoms with Gasteiger partial charge in [0.15, 0.2) is 6.23 Å². The molecular formula is C34H35LiN4O12. The zero-order valence-electron chi connectivity index (χ0n) is 27.4. The minimum atomic E-state index is -1.74. The van der Waals surface area contributed by atoms with Crippen LogP contribution in [0.1, 0.15) is 75.2 Å². The van der Waals surface area contributed by atoms with Crippen LogP contribution in [0.15, 0.2) is 36.4 Å². The van der Waals surface area contributed by atoms with Gasteiger partial charge < -0.3 is 55.5 Å². The molecule has 0 radical (unpaired) electrons. The van der Waals surface area contributed by atoms with Gasteiger partial charge in [0, 0.05) is 22.4 Å². The Morgan fingerprint density at radius 1 is 1.00 bits per heavy atom. The van der Waals surface area contributed by atoms with Crippen LogP contribution in [-0.4, -0.2) is 117 Å². The number of hydrogen-bond acceptors (Lipinski definition) is 13. The largest absolute Gasteiger partial charge is 1.00 e. The summed E-state index contributed by atoms with van der Waals surface area (Å²) >= 11 is 0. The van der Waals surface area contributed by atoms with E-state index in [0.29, 0.717) is 41.0 Å². The molecule has 9 atom stereocenters. The molecule has 264 valence electrons. The molecule has 4 aromatic rings. The Bertz CT molecular complexity index is 2040. The zero-order chi connectivity index (χ0) is 35.2. The van der Waals surface area contributed by atoms with Crippen LogP contribution in [0.25, 0.3) is 27.1 Å². The second kappa shape index (κ2) is 13.4. The Kier molecular flexibility index (Phi) is 9.40. The van der Waals surface area contributed by atoms with Gasteiger partial charge in [0.2, 0.25) is 0 Å². The number of phenols is 1. The average molecular weight is 699 g/mol. The third-order valence-corrected chi connectivity index (χ3v) is 10.3. The first-order valence-corrected chi connectivity index (χ1v) is 16.4. The number of benzene rings is 2.